The molecule has 0 fully saturated rings. The Morgan fingerprint density at radius 3 is 2.40 bits per heavy atom. The van der Waals surface area contributed by atoms with Gasteiger partial charge in [-0.05, 0) is 42.5 Å². The van der Waals surface area contributed by atoms with Crippen molar-refractivity contribution >= 4 is 28.3 Å². The lowest BCUT2D eigenvalue weighted by atomic mass is 10.2. The van der Waals surface area contributed by atoms with Gasteiger partial charge in [0.15, 0.2) is 0 Å². The summed E-state index contributed by atoms with van der Waals surface area (Å²) in [5.74, 6) is -0.187. The maximum absolute atomic E-state index is 12.1. The van der Waals surface area contributed by atoms with Crippen LogP contribution in [0, 0.1) is 0 Å². The molecule has 0 aliphatic rings. The van der Waals surface area contributed by atoms with E-state index in [1.165, 1.54) is 0 Å². The highest BCUT2D eigenvalue weighted by atomic mass is 16.1. The van der Waals surface area contributed by atoms with Gasteiger partial charge < -0.3 is 11.1 Å². The monoisotopic (exact) mass is 264 g/mol. The Kier molecular flexibility index (Phi) is 3.01. The van der Waals surface area contributed by atoms with Gasteiger partial charge in [-0.15, -0.1) is 0 Å². The number of benzene rings is 2. The fourth-order valence-electron chi connectivity index (χ4n) is 1.88. The van der Waals surface area contributed by atoms with Gasteiger partial charge in [-0.3, -0.25) is 14.8 Å². The number of hydrogen-bond acceptors (Lipinski definition) is 4. The summed E-state index contributed by atoms with van der Waals surface area (Å²) < 4.78 is 0. The van der Waals surface area contributed by atoms with E-state index in [2.05, 4.69) is 15.3 Å². The third-order valence-corrected chi connectivity index (χ3v) is 2.90. The van der Waals surface area contributed by atoms with Crippen LogP contribution in [-0.4, -0.2) is 15.9 Å². The Morgan fingerprint density at radius 1 is 0.950 bits per heavy atom. The lowest BCUT2D eigenvalue weighted by molar-refractivity contribution is 0.102. The van der Waals surface area contributed by atoms with E-state index in [4.69, 9.17) is 5.73 Å². The molecular formula is C15H12N4O. The van der Waals surface area contributed by atoms with Crippen molar-refractivity contribution in [2.24, 2.45) is 0 Å². The second kappa shape index (κ2) is 4.97. The second-order valence-corrected chi connectivity index (χ2v) is 4.34. The molecule has 20 heavy (non-hydrogen) atoms. The highest BCUT2D eigenvalue weighted by molar-refractivity contribution is 6.05. The molecule has 1 aromatic heterocycles. The minimum absolute atomic E-state index is 0.187. The van der Waals surface area contributed by atoms with Gasteiger partial charge in [0.1, 0.15) is 0 Å². The Labute approximate surface area is 115 Å². The zero-order chi connectivity index (χ0) is 13.9. The topological polar surface area (TPSA) is 80.9 Å². The Hall–Kier alpha value is -2.95. The summed E-state index contributed by atoms with van der Waals surface area (Å²) in [5.41, 5.74) is 8.98. The van der Waals surface area contributed by atoms with E-state index in [1.807, 2.05) is 6.07 Å². The molecule has 3 N–H and O–H groups in total. The van der Waals surface area contributed by atoms with Gasteiger partial charge in [-0.2, -0.15) is 0 Å². The first kappa shape index (κ1) is 12.1. The average molecular weight is 264 g/mol. The molecule has 98 valence electrons. The zero-order valence-corrected chi connectivity index (χ0v) is 10.6. The van der Waals surface area contributed by atoms with E-state index in [9.17, 15) is 4.79 Å². The maximum Gasteiger partial charge on any atom is 0.255 e. The first-order valence-corrected chi connectivity index (χ1v) is 6.10. The molecule has 0 saturated heterocycles. The van der Waals surface area contributed by atoms with E-state index in [0.29, 0.717) is 16.9 Å². The minimum atomic E-state index is -0.187. The van der Waals surface area contributed by atoms with Crippen molar-refractivity contribution in [1.82, 2.24) is 9.97 Å². The number of nitrogens with one attached hydrogen (secondary N) is 1. The number of fused-ring (bicyclic) bond motifs is 1. The SMILES string of the molecule is Nc1ccc(C(=O)Nc2ccc3nccnc3c2)cc1. The summed E-state index contributed by atoms with van der Waals surface area (Å²) >= 11 is 0. The number of hydrogen-bond donors (Lipinski definition) is 2. The molecule has 0 unspecified atom stereocenters. The molecule has 0 saturated carbocycles. The van der Waals surface area contributed by atoms with Crippen LogP contribution in [0.25, 0.3) is 11.0 Å². The van der Waals surface area contributed by atoms with Crippen LogP contribution in [0.5, 0.6) is 0 Å². The van der Waals surface area contributed by atoms with Crippen LogP contribution in [-0.2, 0) is 0 Å². The number of nitrogen functional groups attached to an aromatic ring is 1. The van der Waals surface area contributed by atoms with E-state index in [1.54, 1.807) is 48.8 Å². The number of carbonyl (C=O) groups is 1. The predicted molar refractivity (Wildman–Crippen MR) is 78.3 cm³/mol. The van der Waals surface area contributed by atoms with Crippen LogP contribution in [0.1, 0.15) is 10.4 Å². The van der Waals surface area contributed by atoms with Crippen LogP contribution < -0.4 is 11.1 Å². The van der Waals surface area contributed by atoms with Crippen molar-refractivity contribution in [1.29, 1.82) is 0 Å². The van der Waals surface area contributed by atoms with Gasteiger partial charge in [0.2, 0.25) is 0 Å². The van der Waals surface area contributed by atoms with Crippen LogP contribution in [0.15, 0.2) is 54.9 Å². The van der Waals surface area contributed by atoms with Crippen LogP contribution >= 0.6 is 0 Å². The number of nitrogens with zero attached hydrogens (tertiary/aromatic N) is 2. The molecule has 0 radical (unpaired) electrons. The average Bonchev–Trinajstić information content (AvgIpc) is 2.48. The van der Waals surface area contributed by atoms with E-state index in [-0.39, 0.29) is 5.91 Å². The lowest BCUT2D eigenvalue weighted by Crippen LogP contribution is -2.11. The standard InChI is InChI=1S/C15H12N4O/c16-11-3-1-10(2-4-11)15(20)19-12-5-6-13-14(9-12)18-8-7-17-13/h1-9H,16H2,(H,19,20). The largest absolute Gasteiger partial charge is 0.399 e. The smallest absolute Gasteiger partial charge is 0.255 e. The first-order chi connectivity index (χ1) is 9.72. The number of aromatic nitrogens is 2. The molecule has 0 aliphatic heterocycles. The minimum Gasteiger partial charge on any atom is -0.399 e. The fourth-order valence-corrected chi connectivity index (χ4v) is 1.88. The third-order valence-electron chi connectivity index (χ3n) is 2.90. The van der Waals surface area contributed by atoms with Crippen LogP contribution in [0.3, 0.4) is 0 Å². The van der Waals surface area contributed by atoms with Crippen molar-refractivity contribution in [3.63, 3.8) is 0 Å². The highest BCUT2D eigenvalue weighted by Gasteiger charge is 2.06. The van der Waals surface area contributed by atoms with E-state index >= 15 is 0 Å². The Balaban J connectivity index is 1.85. The summed E-state index contributed by atoms with van der Waals surface area (Å²) in [6.45, 7) is 0. The predicted octanol–water partition coefficient (Wildman–Crippen LogP) is 2.46. The molecule has 0 aliphatic carbocycles. The van der Waals surface area contributed by atoms with E-state index in [0.717, 1.165) is 11.0 Å². The highest BCUT2D eigenvalue weighted by Crippen LogP contribution is 2.16. The van der Waals surface area contributed by atoms with Crippen LogP contribution in [0.4, 0.5) is 11.4 Å². The number of amides is 1. The molecule has 0 bridgehead atoms. The van der Waals surface area contributed by atoms with Crippen molar-refractivity contribution in [2.45, 2.75) is 0 Å². The second-order valence-electron chi connectivity index (χ2n) is 4.34. The normalized spacial score (nSPS) is 10.4. The number of carbonyl (C=O) groups excluding carboxylic acids is 1. The summed E-state index contributed by atoms with van der Waals surface area (Å²) in [5, 5.41) is 2.82. The third kappa shape index (κ3) is 2.42. The Morgan fingerprint density at radius 2 is 1.65 bits per heavy atom. The van der Waals surface area contributed by atoms with Gasteiger partial charge in [0.05, 0.1) is 11.0 Å². The van der Waals surface area contributed by atoms with Crippen molar-refractivity contribution in [3.05, 3.63) is 60.4 Å². The molecule has 3 rings (SSSR count). The number of anilines is 2. The first-order valence-electron chi connectivity index (χ1n) is 6.10. The molecule has 3 aromatic rings. The van der Waals surface area contributed by atoms with Gasteiger partial charge in [-0.1, -0.05) is 0 Å². The quantitative estimate of drug-likeness (QED) is 0.697. The molecular weight excluding hydrogens is 252 g/mol. The summed E-state index contributed by atoms with van der Waals surface area (Å²) in [7, 11) is 0. The van der Waals surface area contributed by atoms with E-state index < -0.39 is 0 Å². The van der Waals surface area contributed by atoms with Crippen molar-refractivity contribution in [3.8, 4) is 0 Å². The van der Waals surface area contributed by atoms with Crippen LogP contribution in [0.2, 0.25) is 0 Å². The van der Waals surface area contributed by atoms with Crippen molar-refractivity contribution in [2.75, 3.05) is 11.1 Å². The molecule has 2 aromatic carbocycles. The van der Waals surface area contributed by atoms with Gasteiger partial charge in [0.25, 0.3) is 5.91 Å². The van der Waals surface area contributed by atoms with Crippen molar-refractivity contribution < 1.29 is 4.79 Å². The molecule has 0 spiro atoms. The summed E-state index contributed by atoms with van der Waals surface area (Å²) in [6, 6.07) is 12.2. The number of rotatable bonds is 2. The van der Waals surface area contributed by atoms with Gasteiger partial charge >= 0.3 is 0 Å². The summed E-state index contributed by atoms with van der Waals surface area (Å²) in [4.78, 5) is 20.5. The Bertz CT molecular complexity index is 768. The van der Waals surface area contributed by atoms with Gasteiger partial charge in [-0.25, -0.2) is 0 Å². The molecule has 1 heterocycles. The zero-order valence-electron chi connectivity index (χ0n) is 10.6. The fraction of sp³-hybridized carbons (Fsp3) is 0. The molecule has 1 amide bonds. The lowest BCUT2D eigenvalue weighted by Gasteiger charge is -2.06. The van der Waals surface area contributed by atoms with Gasteiger partial charge in [0, 0.05) is 29.3 Å². The molecule has 5 nitrogen and oxygen atoms in total. The number of nitrogens with two attached hydrogens (primary N) is 1. The summed E-state index contributed by atoms with van der Waals surface area (Å²) in [6.07, 6.45) is 3.25. The molecule has 5 heteroatoms. The maximum atomic E-state index is 12.1. The molecule has 0 atom stereocenters.